The van der Waals surface area contributed by atoms with E-state index in [0.29, 0.717) is 12.1 Å². The zero-order valence-electron chi connectivity index (χ0n) is 13.3. The maximum atomic E-state index is 10.8. The standard InChI is InChI=1S/C18H26N2O2/c1-2-20(12-18(21)22)17-9-16(10-17)19-11-13-4-3-5-15(8-13)14-6-7-14/h3-5,8,14,16-17,19H,2,6-7,9-12H2,1H3,(H,21,22). The van der Waals surface area contributed by atoms with Crippen LogP contribution >= 0.6 is 0 Å². The minimum atomic E-state index is -0.727. The number of carboxylic acid groups (broad SMARTS) is 1. The average molecular weight is 302 g/mol. The van der Waals surface area contributed by atoms with Crippen molar-refractivity contribution in [2.45, 2.75) is 57.2 Å². The Morgan fingerprint density at radius 2 is 2.14 bits per heavy atom. The van der Waals surface area contributed by atoms with Gasteiger partial charge in [0.25, 0.3) is 0 Å². The molecular weight excluding hydrogens is 276 g/mol. The van der Waals surface area contributed by atoms with Crippen molar-refractivity contribution in [3.63, 3.8) is 0 Å². The molecule has 0 aromatic heterocycles. The van der Waals surface area contributed by atoms with Crippen LogP contribution in [-0.4, -0.2) is 41.1 Å². The van der Waals surface area contributed by atoms with Gasteiger partial charge in [0.05, 0.1) is 6.54 Å². The van der Waals surface area contributed by atoms with Crippen molar-refractivity contribution in [2.24, 2.45) is 0 Å². The Hall–Kier alpha value is -1.39. The van der Waals surface area contributed by atoms with Gasteiger partial charge in [-0.05, 0) is 49.3 Å². The molecule has 0 bridgehead atoms. The number of aliphatic carboxylic acids is 1. The van der Waals surface area contributed by atoms with Crippen LogP contribution in [0, 0.1) is 0 Å². The summed E-state index contributed by atoms with van der Waals surface area (Å²) < 4.78 is 0. The van der Waals surface area contributed by atoms with E-state index in [1.54, 1.807) is 0 Å². The monoisotopic (exact) mass is 302 g/mol. The fraction of sp³-hybridized carbons (Fsp3) is 0.611. The highest BCUT2D eigenvalue weighted by Gasteiger charge is 2.33. The first-order chi connectivity index (χ1) is 10.7. The van der Waals surface area contributed by atoms with Gasteiger partial charge >= 0.3 is 5.97 Å². The van der Waals surface area contributed by atoms with Crippen LogP contribution in [0.2, 0.25) is 0 Å². The van der Waals surface area contributed by atoms with E-state index in [0.717, 1.165) is 31.8 Å². The number of nitrogens with zero attached hydrogens (tertiary/aromatic N) is 1. The van der Waals surface area contributed by atoms with Gasteiger partial charge in [-0.25, -0.2) is 0 Å². The van der Waals surface area contributed by atoms with Crippen molar-refractivity contribution in [1.29, 1.82) is 0 Å². The third-order valence-corrected chi connectivity index (χ3v) is 4.97. The summed E-state index contributed by atoms with van der Waals surface area (Å²) in [6.45, 7) is 3.93. The number of carbonyl (C=O) groups is 1. The maximum absolute atomic E-state index is 10.8. The number of hydrogen-bond donors (Lipinski definition) is 2. The highest BCUT2D eigenvalue weighted by Crippen LogP contribution is 2.40. The van der Waals surface area contributed by atoms with Crippen molar-refractivity contribution < 1.29 is 9.90 Å². The molecule has 2 aliphatic carbocycles. The van der Waals surface area contributed by atoms with Gasteiger partial charge in [-0.3, -0.25) is 9.69 Å². The van der Waals surface area contributed by atoms with Gasteiger partial charge in [-0.1, -0.05) is 31.2 Å². The van der Waals surface area contributed by atoms with Crippen LogP contribution in [-0.2, 0) is 11.3 Å². The summed E-state index contributed by atoms with van der Waals surface area (Å²) in [7, 11) is 0. The van der Waals surface area contributed by atoms with Crippen molar-refractivity contribution >= 4 is 5.97 Å². The first-order valence-electron chi connectivity index (χ1n) is 8.43. The topological polar surface area (TPSA) is 52.6 Å². The first kappa shape index (κ1) is 15.5. The normalized spacial score (nSPS) is 24.3. The van der Waals surface area contributed by atoms with Crippen LogP contribution in [0.3, 0.4) is 0 Å². The molecule has 1 aromatic rings. The fourth-order valence-electron chi connectivity index (χ4n) is 3.36. The number of carboxylic acids is 1. The number of rotatable bonds is 8. The summed E-state index contributed by atoms with van der Waals surface area (Å²) in [5.41, 5.74) is 2.86. The first-order valence-corrected chi connectivity index (χ1v) is 8.43. The molecule has 0 spiro atoms. The Labute approximate surface area is 132 Å². The largest absolute Gasteiger partial charge is 0.480 e. The summed E-state index contributed by atoms with van der Waals surface area (Å²) in [6.07, 6.45) is 4.81. The van der Waals surface area contributed by atoms with Crippen molar-refractivity contribution in [2.75, 3.05) is 13.1 Å². The van der Waals surface area contributed by atoms with Gasteiger partial charge in [0.15, 0.2) is 0 Å². The summed E-state index contributed by atoms with van der Waals surface area (Å²) in [4.78, 5) is 12.9. The second kappa shape index (κ2) is 6.80. The molecule has 2 N–H and O–H groups in total. The van der Waals surface area contributed by atoms with Gasteiger partial charge in [-0.15, -0.1) is 0 Å². The molecular formula is C18H26N2O2. The predicted molar refractivity (Wildman–Crippen MR) is 86.9 cm³/mol. The molecule has 0 atom stereocenters. The Morgan fingerprint density at radius 1 is 1.36 bits per heavy atom. The molecule has 4 nitrogen and oxygen atoms in total. The Bertz CT molecular complexity index is 522. The summed E-state index contributed by atoms with van der Waals surface area (Å²) in [6, 6.07) is 9.89. The zero-order chi connectivity index (χ0) is 15.5. The van der Waals surface area contributed by atoms with E-state index in [1.165, 1.54) is 24.0 Å². The van der Waals surface area contributed by atoms with Crippen molar-refractivity contribution in [3.05, 3.63) is 35.4 Å². The SMILES string of the molecule is CCN(CC(=O)O)C1CC(NCc2cccc(C3CC3)c2)C1. The lowest BCUT2D eigenvalue weighted by Crippen LogP contribution is -2.53. The predicted octanol–water partition coefficient (Wildman–Crippen LogP) is 2.59. The van der Waals surface area contributed by atoms with Gasteiger partial charge in [-0.2, -0.15) is 0 Å². The van der Waals surface area contributed by atoms with Gasteiger partial charge in [0.1, 0.15) is 0 Å². The maximum Gasteiger partial charge on any atom is 0.317 e. The molecule has 4 heteroatoms. The minimum absolute atomic E-state index is 0.164. The van der Waals surface area contributed by atoms with Crippen LogP contribution in [0.4, 0.5) is 0 Å². The zero-order valence-corrected chi connectivity index (χ0v) is 13.3. The van der Waals surface area contributed by atoms with E-state index < -0.39 is 5.97 Å². The molecule has 0 radical (unpaired) electrons. The molecule has 1 aromatic carbocycles. The molecule has 22 heavy (non-hydrogen) atoms. The second-order valence-corrected chi connectivity index (χ2v) is 6.68. The minimum Gasteiger partial charge on any atom is -0.480 e. The van der Waals surface area contributed by atoms with Crippen LogP contribution in [0.15, 0.2) is 24.3 Å². The molecule has 3 rings (SSSR count). The lowest BCUT2D eigenvalue weighted by Gasteiger charge is -2.42. The summed E-state index contributed by atoms with van der Waals surface area (Å²) in [5.74, 6) is 0.0808. The van der Waals surface area contributed by atoms with E-state index in [2.05, 4.69) is 34.5 Å². The molecule has 120 valence electrons. The average Bonchev–Trinajstić information content (AvgIpc) is 3.28. The molecule has 2 fully saturated rings. The number of nitrogens with one attached hydrogen (secondary N) is 1. The molecule has 0 unspecified atom stereocenters. The van der Waals surface area contributed by atoms with E-state index in [4.69, 9.17) is 5.11 Å². The molecule has 2 saturated carbocycles. The Balaban J connectivity index is 1.42. The Morgan fingerprint density at radius 3 is 2.77 bits per heavy atom. The Kier molecular flexibility index (Phi) is 4.79. The van der Waals surface area contributed by atoms with Crippen LogP contribution in [0.25, 0.3) is 0 Å². The van der Waals surface area contributed by atoms with Crippen LogP contribution in [0.1, 0.15) is 49.7 Å². The smallest absolute Gasteiger partial charge is 0.317 e. The fourth-order valence-corrected chi connectivity index (χ4v) is 3.36. The van der Waals surface area contributed by atoms with Gasteiger partial charge in [0, 0.05) is 18.6 Å². The highest BCUT2D eigenvalue weighted by molar-refractivity contribution is 5.69. The van der Waals surface area contributed by atoms with Gasteiger partial charge < -0.3 is 10.4 Å². The van der Waals surface area contributed by atoms with E-state index in [1.807, 2.05) is 6.92 Å². The number of hydrogen-bond acceptors (Lipinski definition) is 3. The summed E-state index contributed by atoms with van der Waals surface area (Å²) in [5, 5.41) is 12.5. The van der Waals surface area contributed by atoms with Crippen LogP contribution in [0.5, 0.6) is 0 Å². The van der Waals surface area contributed by atoms with E-state index in [-0.39, 0.29) is 6.54 Å². The molecule has 2 aliphatic rings. The van der Waals surface area contributed by atoms with Gasteiger partial charge in [0.2, 0.25) is 0 Å². The third kappa shape index (κ3) is 3.87. The number of benzene rings is 1. The van der Waals surface area contributed by atoms with E-state index in [9.17, 15) is 4.79 Å². The van der Waals surface area contributed by atoms with Crippen molar-refractivity contribution in [1.82, 2.24) is 10.2 Å². The third-order valence-electron chi connectivity index (χ3n) is 4.97. The highest BCUT2D eigenvalue weighted by atomic mass is 16.4. The molecule has 0 heterocycles. The van der Waals surface area contributed by atoms with Crippen LogP contribution < -0.4 is 5.32 Å². The molecule has 0 amide bonds. The summed E-state index contributed by atoms with van der Waals surface area (Å²) >= 11 is 0. The number of likely N-dealkylation sites (N-methyl/N-ethyl adjacent to an activating group) is 1. The second-order valence-electron chi connectivity index (χ2n) is 6.68. The van der Waals surface area contributed by atoms with E-state index >= 15 is 0 Å². The lowest BCUT2D eigenvalue weighted by atomic mass is 9.85. The molecule has 0 saturated heterocycles. The quantitative estimate of drug-likeness (QED) is 0.775. The molecule has 0 aliphatic heterocycles. The lowest BCUT2D eigenvalue weighted by molar-refractivity contribution is -0.139. The van der Waals surface area contributed by atoms with Crippen molar-refractivity contribution in [3.8, 4) is 0 Å².